The summed E-state index contributed by atoms with van der Waals surface area (Å²) in [6, 6.07) is 13.6. The first-order chi connectivity index (χ1) is 15.1. The van der Waals surface area contributed by atoms with Crippen LogP contribution >= 0.6 is 0 Å². The predicted molar refractivity (Wildman–Crippen MR) is 120 cm³/mol. The molecule has 2 amide bonds. The average Bonchev–Trinajstić information content (AvgIpc) is 3.51. The van der Waals surface area contributed by atoms with Crippen molar-refractivity contribution >= 4 is 17.5 Å². The third-order valence-corrected chi connectivity index (χ3v) is 6.41. The fourth-order valence-electron chi connectivity index (χ4n) is 4.80. The summed E-state index contributed by atoms with van der Waals surface area (Å²) in [6.07, 6.45) is 5.85. The summed E-state index contributed by atoms with van der Waals surface area (Å²) in [6.45, 7) is 0.705. The van der Waals surface area contributed by atoms with Gasteiger partial charge >= 0.3 is 0 Å². The van der Waals surface area contributed by atoms with Crippen molar-refractivity contribution < 1.29 is 19.1 Å². The first kappa shape index (κ1) is 21.2. The number of nitrogens with one attached hydrogen (secondary N) is 1. The molecule has 1 saturated heterocycles. The van der Waals surface area contributed by atoms with E-state index in [1.165, 1.54) is 14.2 Å². The normalized spacial score (nSPS) is 18.8. The molecular weight excluding hydrogens is 392 g/mol. The molecular formula is C25H30N2O4. The summed E-state index contributed by atoms with van der Waals surface area (Å²) in [5, 5.41) is 2.99. The van der Waals surface area contributed by atoms with Gasteiger partial charge in [-0.05, 0) is 43.4 Å². The minimum Gasteiger partial charge on any atom is -0.493 e. The Labute approximate surface area is 183 Å². The van der Waals surface area contributed by atoms with Gasteiger partial charge in [0.25, 0.3) is 5.91 Å². The Morgan fingerprint density at radius 1 is 0.968 bits per heavy atom. The first-order valence-electron chi connectivity index (χ1n) is 11.0. The van der Waals surface area contributed by atoms with Crippen LogP contribution in [0.4, 0.5) is 5.69 Å². The standard InChI is InChI=1S/C25H30N2O4/c1-30-22-16-19(15-20(23(22)31-2)26-24(28)18-11-6-7-12-18)25(29)27-14-8-13-21(27)17-9-4-3-5-10-17/h3-5,9-10,15-16,18,21H,6-8,11-14H2,1-2H3,(H,26,28). The molecule has 1 aliphatic carbocycles. The molecule has 0 radical (unpaired) electrons. The van der Waals surface area contributed by atoms with E-state index in [9.17, 15) is 9.59 Å². The van der Waals surface area contributed by atoms with Gasteiger partial charge in [-0.1, -0.05) is 43.2 Å². The highest BCUT2D eigenvalue weighted by molar-refractivity contribution is 6.00. The van der Waals surface area contributed by atoms with Crippen molar-refractivity contribution in [3.05, 3.63) is 53.6 Å². The third kappa shape index (κ3) is 4.38. The van der Waals surface area contributed by atoms with Gasteiger partial charge in [0.2, 0.25) is 5.91 Å². The number of amides is 2. The maximum atomic E-state index is 13.5. The summed E-state index contributed by atoms with van der Waals surface area (Å²) in [7, 11) is 3.08. The SMILES string of the molecule is COc1cc(C(=O)N2CCCC2c2ccccc2)cc(NC(=O)C2CCCC2)c1OC. The fraction of sp³-hybridized carbons (Fsp3) is 0.440. The van der Waals surface area contributed by atoms with Crippen LogP contribution in [-0.4, -0.2) is 37.5 Å². The lowest BCUT2D eigenvalue weighted by atomic mass is 10.0. The van der Waals surface area contributed by atoms with E-state index in [0.717, 1.165) is 44.1 Å². The maximum Gasteiger partial charge on any atom is 0.254 e. The molecule has 1 saturated carbocycles. The molecule has 2 fully saturated rings. The Bertz CT molecular complexity index is 938. The van der Waals surface area contributed by atoms with Crippen molar-refractivity contribution in [1.29, 1.82) is 0 Å². The van der Waals surface area contributed by atoms with Crippen LogP contribution < -0.4 is 14.8 Å². The highest BCUT2D eigenvalue weighted by Gasteiger charge is 2.32. The molecule has 2 aromatic rings. The Balaban J connectivity index is 1.64. The van der Waals surface area contributed by atoms with Crippen molar-refractivity contribution in [1.82, 2.24) is 4.90 Å². The first-order valence-corrected chi connectivity index (χ1v) is 11.0. The molecule has 6 nitrogen and oxygen atoms in total. The zero-order chi connectivity index (χ0) is 21.8. The molecule has 1 atom stereocenters. The lowest BCUT2D eigenvalue weighted by Crippen LogP contribution is -2.30. The number of carbonyl (C=O) groups excluding carboxylic acids is 2. The van der Waals surface area contributed by atoms with E-state index in [2.05, 4.69) is 17.4 Å². The van der Waals surface area contributed by atoms with Gasteiger partial charge in [-0.15, -0.1) is 0 Å². The minimum absolute atomic E-state index is 0.0103. The molecule has 6 heteroatoms. The lowest BCUT2D eigenvalue weighted by molar-refractivity contribution is -0.119. The van der Waals surface area contributed by atoms with Crippen molar-refractivity contribution in [3.63, 3.8) is 0 Å². The van der Waals surface area contributed by atoms with Gasteiger partial charge in [0.15, 0.2) is 11.5 Å². The summed E-state index contributed by atoms with van der Waals surface area (Å²) in [4.78, 5) is 28.2. The minimum atomic E-state index is -0.0660. The van der Waals surface area contributed by atoms with E-state index in [1.807, 2.05) is 23.1 Å². The second-order valence-electron chi connectivity index (χ2n) is 8.30. The number of hydrogen-bond donors (Lipinski definition) is 1. The van der Waals surface area contributed by atoms with E-state index < -0.39 is 0 Å². The van der Waals surface area contributed by atoms with Crippen LogP contribution in [0.2, 0.25) is 0 Å². The van der Waals surface area contributed by atoms with Crippen LogP contribution in [0.15, 0.2) is 42.5 Å². The van der Waals surface area contributed by atoms with E-state index in [-0.39, 0.29) is 23.8 Å². The second kappa shape index (κ2) is 9.41. The molecule has 31 heavy (non-hydrogen) atoms. The number of anilines is 1. The molecule has 1 unspecified atom stereocenters. The summed E-state index contributed by atoms with van der Waals surface area (Å²) in [5.41, 5.74) is 2.11. The molecule has 1 N–H and O–H groups in total. The second-order valence-corrected chi connectivity index (χ2v) is 8.30. The van der Waals surface area contributed by atoms with Crippen LogP contribution in [0.25, 0.3) is 0 Å². The van der Waals surface area contributed by atoms with Crippen molar-refractivity contribution in [2.75, 3.05) is 26.1 Å². The van der Waals surface area contributed by atoms with Gasteiger partial charge in [0, 0.05) is 18.0 Å². The monoisotopic (exact) mass is 422 g/mol. The predicted octanol–water partition coefficient (Wildman–Crippen LogP) is 4.81. The third-order valence-electron chi connectivity index (χ3n) is 6.41. The molecule has 164 valence electrons. The highest BCUT2D eigenvalue weighted by Crippen LogP contribution is 2.40. The van der Waals surface area contributed by atoms with Crippen LogP contribution in [0.3, 0.4) is 0 Å². The number of carbonyl (C=O) groups is 2. The number of hydrogen-bond acceptors (Lipinski definition) is 4. The molecule has 2 aliphatic rings. The van der Waals surface area contributed by atoms with Crippen LogP contribution in [0, 0.1) is 5.92 Å². The van der Waals surface area contributed by atoms with Gasteiger partial charge in [0.1, 0.15) is 0 Å². The number of benzene rings is 2. The zero-order valence-electron chi connectivity index (χ0n) is 18.2. The lowest BCUT2D eigenvalue weighted by Gasteiger charge is -2.26. The van der Waals surface area contributed by atoms with Gasteiger partial charge in [-0.3, -0.25) is 9.59 Å². The van der Waals surface area contributed by atoms with E-state index in [4.69, 9.17) is 9.47 Å². The van der Waals surface area contributed by atoms with E-state index in [1.54, 1.807) is 12.1 Å². The van der Waals surface area contributed by atoms with Crippen molar-refractivity contribution in [3.8, 4) is 11.5 Å². The topological polar surface area (TPSA) is 67.9 Å². The van der Waals surface area contributed by atoms with Crippen LogP contribution in [0.5, 0.6) is 11.5 Å². The van der Waals surface area contributed by atoms with Gasteiger partial charge < -0.3 is 19.7 Å². The largest absolute Gasteiger partial charge is 0.493 e. The van der Waals surface area contributed by atoms with Crippen LogP contribution in [0.1, 0.15) is 60.5 Å². The fourth-order valence-corrected chi connectivity index (χ4v) is 4.80. The Kier molecular flexibility index (Phi) is 6.44. The number of likely N-dealkylation sites (tertiary alicyclic amines) is 1. The van der Waals surface area contributed by atoms with Gasteiger partial charge in [-0.25, -0.2) is 0 Å². The van der Waals surface area contributed by atoms with Gasteiger partial charge in [0.05, 0.1) is 25.9 Å². The molecule has 0 aromatic heterocycles. The summed E-state index contributed by atoms with van der Waals surface area (Å²) < 4.78 is 11.0. The summed E-state index contributed by atoms with van der Waals surface area (Å²) in [5.74, 6) is 0.794. The molecule has 4 rings (SSSR count). The summed E-state index contributed by atoms with van der Waals surface area (Å²) >= 11 is 0. The van der Waals surface area contributed by atoms with Gasteiger partial charge in [-0.2, -0.15) is 0 Å². The average molecular weight is 423 g/mol. The van der Waals surface area contributed by atoms with E-state index in [0.29, 0.717) is 29.3 Å². The van der Waals surface area contributed by atoms with Crippen molar-refractivity contribution in [2.45, 2.75) is 44.6 Å². The highest BCUT2D eigenvalue weighted by atomic mass is 16.5. The molecule has 0 spiro atoms. The zero-order valence-corrected chi connectivity index (χ0v) is 18.2. The molecule has 2 aromatic carbocycles. The van der Waals surface area contributed by atoms with Crippen LogP contribution in [-0.2, 0) is 4.79 Å². The number of nitrogens with zero attached hydrogens (tertiary/aromatic N) is 1. The number of rotatable bonds is 6. The number of methoxy groups -OCH3 is 2. The Morgan fingerprint density at radius 3 is 2.39 bits per heavy atom. The van der Waals surface area contributed by atoms with Crippen molar-refractivity contribution in [2.24, 2.45) is 5.92 Å². The molecule has 1 aliphatic heterocycles. The molecule has 1 heterocycles. The smallest absolute Gasteiger partial charge is 0.254 e. The Morgan fingerprint density at radius 2 is 1.71 bits per heavy atom. The maximum absolute atomic E-state index is 13.5. The van der Waals surface area contributed by atoms with E-state index >= 15 is 0 Å². The number of ether oxygens (including phenoxy) is 2. The molecule has 0 bridgehead atoms. The quantitative estimate of drug-likeness (QED) is 0.725. The Hall–Kier alpha value is -3.02.